The summed E-state index contributed by atoms with van der Waals surface area (Å²) in [6.07, 6.45) is 3.15. The summed E-state index contributed by atoms with van der Waals surface area (Å²) in [5, 5.41) is 3.57. The number of nitrogens with one attached hydrogen (secondary N) is 2. The molecule has 5 nitrogen and oxygen atoms in total. The van der Waals surface area contributed by atoms with E-state index < -0.39 is 10.0 Å². The van der Waals surface area contributed by atoms with E-state index in [0.29, 0.717) is 21.5 Å². The molecule has 0 atom stereocenters. The highest BCUT2D eigenvalue weighted by molar-refractivity contribution is 9.11. The molecule has 1 aliphatic carbocycles. The number of amides is 1. The van der Waals surface area contributed by atoms with Crippen LogP contribution in [-0.4, -0.2) is 20.9 Å². The molecule has 9 heteroatoms. The van der Waals surface area contributed by atoms with E-state index in [9.17, 15) is 13.2 Å². The molecule has 0 unspecified atom stereocenters. The van der Waals surface area contributed by atoms with Crippen LogP contribution in [0.4, 0.5) is 5.69 Å². The van der Waals surface area contributed by atoms with Gasteiger partial charge in [0.15, 0.2) is 0 Å². The smallest absolute Gasteiger partial charge is 0.250 e. The first kappa shape index (κ1) is 21.8. The fourth-order valence-corrected chi connectivity index (χ4v) is 6.64. The molecule has 1 aliphatic rings. The molecule has 2 N–H and O–H groups in total. The van der Waals surface area contributed by atoms with Gasteiger partial charge in [0.25, 0.3) is 0 Å². The van der Waals surface area contributed by atoms with Crippen LogP contribution >= 0.6 is 38.9 Å². The Morgan fingerprint density at radius 1 is 1.21 bits per heavy atom. The van der Waals surface area contributed by atoms with Crippen molar-refractivity contribution in [3.05, 3.63) is 44.7 Å². The Balaban J connectivity index is 1.47. The largest absolute Gasteiger partial charge is 0.326 e. The Morgan fingerprint density at radius 2 is 1.93 bits per heavy atom. The summed E-state index contributed by atoms with van der Waals surface area (Å²) in [6, 6.07) is 8.81. The predicted octanol–water partition coefficient (Wildman–Crippen LogP) is 5.20. The zero-order chi connectivity index (χ0) is 20.3. The predicted molar refractivity (Wildman–Crippen MR) is 117 cm³/mol. The average Bonchev–Trinajstić information content (AvgIpc) is 3.11. The second-order valence-corrected chi connectivity index (χ2v) is 11.9. The molecule has 0 bridgehead atoms. The third-order valence-electron chi connectivity index (χ3n) is 5.03. The summed E-state index contributed by atoms with van der Waals surface area (Å²) >= 11 is 10.6. The summed E-state index contributed by atoms with van der Waals surface area (Å²) in [5.74, 6) is 0.194. The number of halogens is 2. The van der Waals surface area contributed by atoms with Crippen molar-refractivity contribution in [2.75, 3.05) is 11.9 Å². The highest BCUT2D eigenvalue weighted by Crippen LogP contribution is 2.31. The molecular weight excluding hydrogens is 484 g/mol. The fraction of sp³-hybridized carbons (Fsp3) is 0.421. The van der Waals surface area contributed by atoms with Gasteiger partial charge in [-0.25, -0.2) is 13.1 Å². The van der Waals surface area contributed by atoms with E-state index in [0.717, 1.165) is 35.0 Å². The minimum atomic E-state index is -3.47. The van der Waals surface area contributed by atoms with Crippen LogP contribution in [0.25, 0.3) is 0 Å². The number of carbonyl (C=O) groups is 1. The van der Waals surface area contributed by atoms with Crippen molar-refractivity contribution in [1.82, 2.24) is 4.72 Å². The lowest BCUT2D eigenvalue weighted by Gasteiger charge is -2.27. The molecule has 0 saturated heterocycles. The number of anilines is 1. The van der Waals surface area contributed by atoms with Crippen LogP contribution in [0.15, 0.2) is 38.3 Å². The molecule has 0 radical (unpaired) electrons. The third kappa shape index (κ3) is 5.57. The molecule has 1 aromatic heterocycles. The summed E-state index contributed by atoms with van der Waals surface area (Å²) < 4.78 is 28.4. The molecule has 1 aromatic carbocycles. The van der Waals surface area contributed by atoms with Gasteiger partial charge < -0.3 is 5.32 Å². The molecule has 1 fully saturated rings. The summed E-state index contributed by atoms with van der Waals surface area (Å²) in [4.78, 5) is 12.5. The Kier molecular flexibility index (Phi) is 7.20. The first-order valence-electron chi connectivity index (χ1n) is 9.06. The molecule has 3 rings (SSSR count). The standard InChI is InChI=1S/C19H22BrClN2O3S2/c1-12-2-7-15(10-16(12)21)23-19(24)14-5-3-13(4-6-14)11-22-28(25,26)18-9-8-17(20)27-18/h2,7-10,13-14,22H,3-6,11H2,1H3,(H,23,24). The van der Waals surface area contributed by atoms with Gasteiger partial charge in [0.1, 0.15) is 4.21 Å². The Morgan fingerprint density at radius 3 is 2.54 bits per heavy atom. The van der Waals surface area contributed by atoms with Gasteiger partial charge in [-0.1, -0.05) is 17.7 Å². The minimum Gasteiger partial charge on any atom is -0.326 e. The van der Waals surface area contributed by atoms with Crippen molar-refractivity contribution in [1.29, 1.82) is 0 Å². The van der Waals surface area contributed by atoms with Crippen LogP contribution in [0, 0.1) is 18.8 Å². The van der Waals surface area contributed by atoms with Crippen molar-refractivity contribution < 1.29 is 13.2 Å². The average molecular weight is 506 g/mol. The molecule has 28 heavy (non-hydrogen) atoms. The van der Waals surface area contributed by atoms with Crippen molar-refractivity contribution in [3.8, 4) is 0 Å². The Hall–Kier alpha value is -0.930. The molecule has 152 valence electrons. The number of carbonyl (C=O) groups excluding carboxylic acids is 1. The fourth-order valence-electron chi connectivity index (χ4n) is 3.28. The van der Waals surface area contributed by atoms with Crippen LogP contribution in [0.5, 0.6) is 0 Å². The van der Waals surface area contributed by atoms with Gasteiger partial charge in [0.2, 0.25) is 15.9 Å². The van der Waals surface area contributed by atoms with E-state index >= 15 is 0 Å². The first-order chi connectivity index (χ1) is 13.2. The SMILES string of the molecule is Cc1ccc(NC(=O)C2CCC(CNS(=O)(=O)c3ccc(Br)s3)CC2)cc1Cl. The van der Waals surface area contributed by atoms with Gasteiger partial charge in [-0.15, -0.1) is 11.3 Å². The van der Waals surface area contributed by atoms with Gasteiger partial charge >= 0.3 is 0 Å². The molecule has 1 amide bonds. The maximum atomic E-state index is 12.5. The first-order valence-corrected chi connectivity index (χ1v) is 12.5. The lowest BCUT2D eigenvalue weighted by atomic mass is 9.81. The zero-order valence-electron chi connectivity index (χ0n) is 15.4. The van der Waals surface area contributed by atoms with Crippen LogP contribution in [-0.2, 0) is 14.8 Å². The summed E-state index contributed by atoms with van der Waals surface area (Å²) in [6.45, 7) is 2.32. The number of hydrogen-bond acceptors (Lipinski definition) is 4. The minimum absolute atomic E-state index is 0.00221. The topological polar surface area (TPSA) is 75.3 Å². The highest BCUT2D eigenvalue weighted by atomic mass is 79.9. The number of hydrogen-bond donors (Lipinski definition) is 2. The molecule has 1 heterocycles. The number of benzene rings is 1. The van der Waals surface area contributed by atoms with E-state index in [4.69, 9.17) is 11.6 Å². The van der Waals surface area contributed by atoms with Gasteiger partial charge in [0.05, 0.1) is 3.79 Å². The van der Waals surface area contributed by atoms with E-state index in [1.54, 1.807) is 18.2 Å². The van der Waals surface area contributed by atoms with Crippen LogP contribution < -0.4 is 10.0 Å². The van der Waals surface area contributed by atoms with Crippen LogP contribution in [0.2, 0.25) is 5.02 Å². The van der Waals surface area contributed by atoms with E-state index in [1.807, 2.05) is 19.1 Å². The highest BCUT2D eigenvalue weighted by Gasteiger charge is 2.27. The maximum absolute atomic E-state index is 12.5. The number of aryl methyl sites for hydroxylation is 1. The Labute approximate surface area is 183 Å². The normalized spacial score (nSPS) is 20.1. The molecule has 0 aliphatic heterocycles. The zero-order valence-corrected chi connectivity index (χ0v) is 19.3. The molecule has 0 spiro atoms. The van der Waals surface area contributed by atoms with Gasteiger partial charge in [0, 0.05) is 23.2 Å². The quantitative estimate of drug-likeness (QED) is 0.567. The van der Waals surface area contributed by atoms with E-state index in [-0.39, 0.29) is 17.7 Å². The van der Waals surface area contributed by atoms with Gasteiger partial charge in [-0.2, -0.15) is 0 Å². The van der Waals surface area contributed by atoms with Crippen LogP contribution in [0.3, 0.4) is 0 Å². The van der Waals surface area contributed by atoms with Gasteiger partial charge in [-0.3, -0.25) is 4.79 Å². The van der Waals surface area contributed by atoms with Gasteiger partial charge in [-0.05, 0) is 84.3 Å². The summed E-state index contributed by atoms with van der Waals surface area (Å²) in [7, 11) is -3.47. The van der Waals surface area contributed by atoms with E-state index in [1.165, 1.54) is 11.3 Å². The molecular formula is C19H22BrClN2O3S2. The molecule has 2 aromatic rings. The number of thiophene rings is 1. The van der Waals surface area contributed by atoms with Crippen LogP contribution in [0.1, 0.15) is 31.2 Å². The third-order valence-corrected chi connectivity index (χ3v) is 8.98. The lowest BCUT2D eigenvalue weighted by Crippen LogP contribution is -2.33. The second kappa shape index (κ2) is 9.26. The van der Waals surface area contributed by atoms with Crippen molar-refractivity contribution in [3.63, 3.8) is 0 Å². The summed E-state index contributed by atoms with van der Waals surface area (Å²) in [5.41, 5.74) is 1.68. The number of sulfonamides is 1. The van der Waals surface area contributed by atoms with Crippen molar-refractivity contribution >= 4 is 60.5 Å². The maximum Gasteiger partial charge on any atom is 0.250 e. The lowest BCUT2D eigenvalue weighted by molar-refractivity contribution is -0.121. The monoisotopic (exact) mass is 504 g/mol. The second-order valence-electron chi connectivity index (χ2n) is 7.08. The molecule has 1 saturated carbocycles. The Bertz CT molecular complexity index is 954. The van der Waals surface area contributed by atoms with Crippen molar-refractivity contribution in [2.45, 2.75) is 36.8 Å². The van der Waals surface area contributed by atoms with Crippen molar-refractivity contribution in [2.24, 2.45) is 11.8 Å². The van der Waals surface area contributed by atoms with E-state index in [2.05, 4.69) is 26.0 Å². The number of rotatable bonds is 6.